The van der Waals surface area contributed by atoms with Gasteiger partial charge >= 0.3 is 47.4 Å². The highest BCUT2D eigenvalue weighted by Crippen LogP contribution is 2.37. The van der Waals surface area contributed by atoms with Crippen molar-refractivity contribution in [3.05, 3.63) is 18.2 Å². The summed E-state index contributed by atoms with van der Waals surface area (Å²) in [4.78, 5) is 87.7. The maximum absolute atomic E-state index is 10.4. The number of halogens is 6. The minimum atomic E-state index is -5.14. The molecule has 1 aromatic heterocycles. The van der Waals surface area contributed by atoms with E-state index < -0.39 is 47.4 Å². The molecule has 12 N–H and O–H groups in total. The molecule has 0 radical (unpaired) electrons. The van der Waals surface area contributed by atoms with Gasteiger partial charge in [0.1, 0.15) is 5.82 Å². The Morgan fingerprint density at radius 1 is 0.600 bits per heavy atom. The molecule has 1 rings (SSSR count). The lowest BCUT2D eigenvalue weighted by Crippen LogP contribution is -1.97. The van der Waals surface area contributed by atoms with Crippen molar-refractivity contribution in [2.45, 2.75) is 33.2 Å². The summed E-state index contributed by atoms with van der Waals surface area (Å²) in [5, 5.41) is 0. The summed E-state index contributed by atoms with van der Waals surface area (Å²) in [7, 11) is -30.8. The third-order valence-electron chi connectivity index (χ3n) is 1.68. The number of aromatic nitrogens is 2. The van der Waals surface area contributed by atoms with Gasteiger partial charge in [0.2, 0.25) is 0 Å². The number of hydrogen-bond acceptors (Lipinski definition) is 7. The van der Waals surface area contributed by atoms with Gasteiger partial charge in [0.15, 0.2) is 0 Å². The van der Waals surface area contributed by atoms with Crippen LogP contribution in [-0.2, 0) is 33.9 Å². The molecule has 0 unspecified atom stereocenters. The molecular formula is C8H26F6N2O18P6. The van der Waals surface area contributed by atoms with Crippen molar-refractivity contribution in [1.82, 2.24) is 9.55 Å². The van der Waals surface area contributed by atoms with Crippen molar-refractivity contribution in [3.63, 3.8) is 0 Å². The molecule has 0 saturated carbocycles. The van der Waals surface area contributed by atoms with Gasteiger partial charge in [-0.15, -0.1) is 25.2 Å². The second kappa shape index (κ2) is 24.2. The zero-order valence-electron chi connectivity index (χ0n) is 19.4. The van der Waals surface area contributed by atoms with Crippen LogP contribution in [0.4, 0.5) is 25.2 Å². The normalized spacial score (nSPS) is 11.4. The van der Waals surface area contributed by atoms with E-state index in [9.17, 15) is 25.2 Å². The van der Waals surface area contributed by atoms with Crippen molar-refractivity contribution in [3.8, 4) is 0 Å². The first-order chi connectivity index (χ1) is 16.8. The fraction of sp³-hybridized carbons (Fsp3) is 0.625. The van der Waals surface area contributed by atoms with Crippen LogP contribution in [0.2, 0.25) is 0 Å². The lowest BCUT2D eigenvalue weighted by molar-refractivity contribution is 0.320. The fourth-order valence-corrected chi connectivity index (χ4v) is 0.969. The zero-order chi connectivity index (χ0) is 34.4. The zero-order valence-corrected chi connectivity index (χ0v) is 24.8. The van der Waals surface area contributed by atoms with Gasteiger partial charge in [0.05, 0.1) is 0 Å². The topological polar surface area (TPSA) is 363 Å². The van der Waals surface area contributed by atoms with Crippen LogP contribution < -0.4 is 0 Å². The van der Waals surface area contributed by atoms with E-state index >= 15 is 0 Å². The Kier molecular flexibility index (Phi) is 31.6. The summed E-state index contributed by atoms with van der Waals surface area (Å²) in [6.45, 7) is 5.35. The molecule has 0 saturated heterocycles. The van der Waals surface area contributed by atoms with Crippen molar-refractivity contribution < 1.29 is 111 Å². The molecule has 0 aliphatic rings. The highest BCUT2D eigenvalue weighted by Gasteiger charge is 2.07. The second-order valence-electron chi connectivity index (χ2n) is 5.36. The summed E-state index contributed by atoms with van der Waals surface area (Å²) < 4.78 is 116. The predicted octanol–water partition coefficient (Wildman–Crippen LogP) is 2.28. The van der Waals surface area contributed by atoms with E-state index in [0.717, 1.165) is 12.4 Å². The average molecular weight is 738 g/mol. The second-order valence-corrected chi connectivity index (χ2v) is 11.0. The SMILES string of the molecule is CCCCn1ccnc1C.O=P(O)(O)F.O=P(O)(O)F.O=P(O)(O)F.O=P(O)(O)F.O=P(O)(O)F.O=P(O)(O)F. The van der Waals surface area contributed by atoms with E-state index in [4.69, 9.17) is 86.1 Å². The van der Waals surface area contributed by atoms with E-state index in [2.05, 4.69) is 16.5 Å². The minimum absolute atomic E-state index is 1.11. The molecule has 40 heavy (non-hydrogen) atoms. The molecule has 1 aromatic rings. The number of rotatable bonds is 3. The van der Waals surface area contributed by atoms with E-state index in [1.54, 1.807) is 0 Å². The molecule has 20 nitrogen and oxygen atoms in total. The van der Waals surface area contributed by atoms with Crippen LogP contribution >= 0.6 is 47.4 Å². The number of nitrogens with zero attached hydrogens (tertiary/aromatic N) is 2. The fourth-order valence-electron chi connectivity index (χ4n) is 0.969. The first-order valence-corrected chi connectivity index (χ1v) is 17.3. The Bertz CT molecular complexity index is 835. The van der Waals surface area contributed by atoms with Gasteiger partial charge in [0, 0.05) is 18.9 Å². The highest BCUT2D eigenvalue weighted by molar-refractivity contribution is 7.46. The Balaban J connectivity index is -0.0000000866. The number of hydrogen-bond donors (Lipinski definition) is 12. The predicted molar refractivity (Wildman–Crippen MR) is 121 cm³/mol. The minimum Gasteiger partial charge on any atom is -0.335 e. The van der Waals surface area contributed by atoms with Gasteiger partial charge in [-0.05, 0) is 13.3 Å². The molecule has 0 bridgehead atoms. The van der Waals surface area contributed by atoms with Crippen LogP contribution in [0.15, 0.2) is 12.4 Å². The maximum Gasteiger partial charge on any atom is 0.507 e. The first kappa shape index (κ1) is 52.3. The average Bonchev–Trinajstić information content (AvgIpc) is 2.88. The third-order valence-corrected chi connectivity index (χ3v) is 1.68. The van der Waals surface area contributed by atoms with Crippen LogP contribution in [0.25, 0.3) is 0 Å². The quantitative estimate of drug-likeness (QED) is 0.156. The molecule has 0 spiro atoms. The monoisotopic (exact) mass is 738 g/mol. The summed E-state index contributed by atoms with van der Waals surface area (Å²) in [6, 6.07) is 0. The summed E-state index contributed by atoms with van der Waals surface area (Å²) in [5.41, 5.74) is 0. The molecule has 0 aromatic carbocycles. The summed E-state index contributed by atoms with van der Waals surface area (Å²) >= 11 is 0. The Morgan fingerprint density at radius 2 is 0.800 bits per heavy atom. The maximum atomic E-state index is 10.4. The van der Waals surface area contributed by atoms with E-state index in [0.29, 0.717) is 0 Å². The molecule has 0 atom stereocenters. The number of unbranched alkanes of at least 4 members (excludes halogenated alkanes) is 1. The standard InChI is InChI=1S/C8H14N2.6FH2O3P/c1-3-4-6-10-7-5-9-8(10)2;6*1-5(2,3)4/h5,7H,3-4,6H2,1-2H3;6*(H2,2,3,4). The van der Waals surface area contributed by atoms with Crippen LogP contribution in [0.3, 0.4) is 0 Å². The van der Waals surface area contributed by atoms with Gasteiger partial charge < -0.3 is 4.57 Å². The Hall–Kier alpha value is -0.310. The van der Waals surface area contributed by atoms with Crippen LogP contribution in [0.5, 0.6) is 0 Å². The van der Waals surface area contributed by atoms with Crippen molar-refractivity contribution >= 4 is 47.4 Å². The molecule has 0 amide bonds. The van der Waals surface area contributed by atoms with Crippen molar-refractivity contribution in [2.75, 3.05) is 0 Å². The van der Waals surface area contributed by atoms with Crippen LogP contribution in [0.1, 0.15) is 25.6 Å². The highest BCUT2D eigenvalue weighted by atomic mass is 31.2. The lowest BCUT2D eigenvalue weighted by Gasteiger charge is -2.01. The van der Waals surface area contributed by atoms with E-state index in [1.165, 1.54) is 12.8 Å². The van der Waals surface area contributed by atoms with E-state index in [-0.39, 0.29) is 0 Å². The molecule has 1 heterocycles. The molecule has 248 valence electrons. The van der Waals surface area contributed by atoms with Crippen molar-refractivity contribution in [1.29, 1.82) is 0 Å². The lowest BCUT2D eigenvalue weighted by atomic mass is 10.3. The molecule has 0 fully saturated rings. The number of imidazole rings is 1. The smallest absolute Gasteiger partial charge is 0.335 e. The molecule has 0 aliphatic carbocycles. The summed E-state index contributed by atoms with van der Waals surface area (Å²) in [6.07, 6.45) is 6.38. The molecule has 0 aliphatic heterocycles. The van der Waals surface area contributed by atoms with Crippen LogP contribution in [-0.4, -0.2) is 68.3 Å². The van der Waals surface area contributed by atoms with Gasteiger partial charge in [-0.3, -0.25) is 58.7 Å². The number of aryl methyl sites for hydroxylation is 2. The van der Waals surface area contributed by atoms with Gasteiger partial charge in [-0.25, -0.2) is 32.4 Å². The Labute approximate surface area is 220 Å². The van der Waals surface area contributed by atoms with E-state index in [1.807, 2.05) is 19.3 Å². The first-order valence-electron chi connectivity index (χ1n) is 8.33. The van der Waals surface area contributed by atoms with Crippen molar-refractivity contribution in [2.24, 2.45) is 0 Å². The molecule has 32 heteroatoms. The summed E-state index contributed by atoms with van der Waals surface area (Å²) in [5.74, 6) is 1.12. The molecular weight excluding hydrogens is 712 g/mol. The third kappa shape index (κ3) is 271. The largest absolute Gasteiger partial charge is 0.507 e. The van der Waals surface area contributed by atoms with Gasteiger partial charge in [-0.2, -0.15) is 0 Å². The van der Waals surface area contributed by atoms with Gasteiger partial charge in [0.25, 0.3) is 0 Å². The van der Waals surface area contributed by atoms with Gasteiger partial charge in [-0.1, -0.05) is 13.3 Å². The van der Waals surface area contributed by atoms with Crippen LogP contribution in [0, 0.1) is 6.92 Å². The Morgan fingerprint density at radius 3 is 0.925 bits per heavy atom.